The fourth-order valence-corrected chi connectivity index (χ4v) is 2.76. The van der Waals surface area contributed by atoms with Crippen LogP contribution in [0.15, 0.2) is 34.9 Å². The Morgan fingerprint density at radius 3 is 2.62 bits per heavy atom. The molecule has 5 nitrogen and oxygen atoms in total. The third-order valence-electron chi connectivity index (χ3n) is 4.19. The maximum absolute atomic E-state index is 5.45. The molecule has 3 rings (SSSR count). The van der Waals surface area contributed by atoms with E-state index in [1.54, 1.807) is 7.11 Å². The minimum Gasteiger partial charge on any atom is -0.381 e. The Hall–Kier alpha value is -1.72. The lowest BCUT2D eigenvalue weighted by Crippen LogP contribution is -2.38. The number of piperidine rings is 1. The standard InChI is InChI=1S/C16H21N3O2/c1-12(19-10-8-14(20-2)9-11-19)16-17-15(18-21-16)13-6-4-3-5-7-13/h3-7,12,14H,8-11H2,1-2H3. The summed E-state index contributed by atoms with van der Waals surface area (Å²) in [5.41, 5.74) is 0.984. The Labute approximate surface area is 124 Å². The van der Waals surface area contributed by atoms with Crippen LogP contribution in [0.3, 0.4) is 0 Å². The topological polar surface area (TPSA) is 51.4 Å². The number of likely N-dealkylation sites (tertiary alicyclic amines) is 1. The van der Waals surface area contributed by atoms with E-state index in [4.69, 9.17) is 9.26 Å². The monoisotopic (exact) mass is 287 g/mol. The van der Waals surface area contributed by atoms with Crippen LogP contribution in [-0.2, 0) is 4.74 Å². The summed E-state index contributed by atoms with van der Waals surface area (Å²) in [5, 5.41) is 4.10. The zero-order valence-corrected chi connectivity index (χ0v) is 12.5. The number of methoxy groups -OCH3 is 1. The van der Waals surface area contributed by atoms with Crippen LogP contribution < -0.4 is 0 Å². The number of rotatable bonds is 4. The highest BCUT2D eigenvalue weighted by Gasteiger charge is 2.26. The first-order valence-corrected chi connectivity index (χ1v) is 7.44. The summed E-state index contributed by atoms with van der Waals surface area (Å²) in [6.07, 6.45) is 2.50. The molecule has 21 heavy (non-hydrogen) atoms. The Morgan fingerprint density at radius 1 is 1.24 bits per heavy atom. The minimum atomic E-state index is 0.146. The number of hydrogen-bond acceptors (Lipinski definition) is 5. The molecule has 1 aromatic heterocycles. The molecule has 0 saturated carbocycles. The van der Waals surface area contributed by atoms with E-state index in [0.29, 0.717) is 17.8 Å². The van der Waals surface area contributed by atoms with Gasteiger partial charge in [0.25, 0.3) is 0 Å². The van der Waals surface area contributed by atoms with Crippen LogP contribution in [0.4, 0.5) is 0 Å². The number of aromatic nitrogens is 2. The van der Waals surface area contributed by atoms with Gasteiger partial charge < -0.3 is 9.26 Å². The molecule has 0 aliphatic carbocycles. The summed E-state index contributed by atoms with van der Waals surface area (Å²) in [4.78, 5) is 6.92. The lowest BCUT2D eigenvalue weighted by Gasteiger charge is -2.33. The van der Waals surface area contributed by atoms with Gasteiger partial charge >= 0.3 is 0 Å². The highest BCUT2D eigenvalue weighted by molar-refractivity contribution is 5.53. The quantitative estimate of drug-likeness (QED) is 0.865. The Bertz CT molecular complexity index is 562. The van der Waals surface area contributed by atoms with Gasteiger partial charge in [0.2, 0.25) is 11.7 Å². The molecule has 1 aliphatic heterocycles. The van der Waals surface area contributed by atoms with E-state index in [-0.39, 0.29) is 6.04 Å². The fourth-order valence-electron chi connectivity index (χ4n) is 2.76. The molecule has 0 spiro atoms. The largest absolute Gasteiger partial charge is 0.381 e. The summed E-state index contributed by atoms with van der Waals surface area (Å²) in [6, 6.07) is 10.1. The maximum atomic E-state index is 5.45. The highest BCUT2D eigenvalue weighted by atomic mass is 16.5. The Kier molecular flexibility index (Phi) is 4.31. The molecule has 1 unspecified atom stereocenters. The van der Waals surface area contributed by atoms with Gasteiger partial charge in [0.05, 0.1) is 12.1 Å². The van der Waals surface area contributed by atoms with Gasteiger partial charge in [-0.05, 0) is 19.8 Å². The second kappa shape index (κ2) is 6.37. The second-order valence-electron chi connectivity index (χ2n) is 5.47. The Balaban J connectivity index is 1.69. The highest BCUT2D eigenvalue weighted by Crippen LogP contribution is 2.25. The first-order valence-electron chi connectivity index (χ1n) is 7.44. The lowest BCUT2D eigenvalue weighted by atomic mass is 10.1. The van der Waals surface area contributed by atoms with Crippen LogP contribution >= 0.6 is 0 Å². The molecule has 0 amide bonds. The molecule has 2 aromatic rings. The molecule has 1 atom stereocenters. The zero-order chi connectivity index (χ0) is 14.7. The third kappa shape index (κ3) is 3.14. The first-order chi connectivity index (χ1) is 10.3. The SMILES string of the molecule is COC1CCN(C(C)c2nc(-c3ccccc3)no2)CC1. The van der Waals surface area contributed by atoms with E-state index in [2.05, 4.69) is 22.0 Å². The zero-order valence-electron chi connectivity index (χ0n) is 12.5. The van der Waals surface area contributed by atoms with Crippen molar-refractivity contribution in [2.24, 2.45) is 0 Å². The average molecular weight is 287 g/mol. The van der Waals surface area contributed by atoms with E-state index in [1.165, 1.54) is 0 Å². The average Bonchev–Trinajstić information content (AvgIpc) is 3.05. The molecule has 0 bridgehead atoms. The lowest BCUT2D eigenvalue weighted by molar-refractivity contribution is 0.0247. The van der Waals surface area contributed by atoms with Gasteiger partial charge in [-0.15, -0.1) is 0 Å². The molecule has 1 saturated heterocycles. The summed E-state index contributed by atoms with van der Waals surface area (Å²) in [5.74, 6) is 1.34. The van der Waals surface area contributed by atoms with Crippen LogP contribution in [0.25, 0.3) is 11.4 Å². The van der Waals surface area contributed by atoms with Crippen LogP contribution in [0.5, 0.6) is 0 Å². The Morgan fingerprint density at radius 2 is 1.95 bits per heavy atom. The van der Waals surface area contributed by atoms with Crippen molar-refractivity contribution >= 4 is 0 Å². The van der Waals surface area contributed by atoms with Crippen LogP contribution in [0.1, 0.15) is 31.7 Å². The van der Waals surface area contributed by atoms with Crippen molar-refractivity contribution in [2.45, 2.75) is 31.9 Å². The fraction of sp³-hybridized carbons (Fsp3) is 0.500. The van der Waals surface area contributed by atoms with E-state index in [1.807, 2.05) is 30.3 Å². The van der Waals surface area contributed by atoms with Gasteiger partial charge in [-0.2, -0.15) is 4.98 Å². The van der Waals surface area contributed by atoms with E-state index in [0.717, 1.165) is 31.5 Å². The summed E-state index contributed by atoms with van der Waals surface area (Å²) in [6.45, 7) is 4.13. The van der Waals surface area contributed by atoms with Crippen molar-refractivity contribution in [3.63, 3.8) is 0 Å². The number of benzene rings is 1. The number of ether oxygens (including phenoxy) is 1. The molecule has 1 aromatic carbocycles. The van der Waals surface area contributed by atoms with Crippen molar-refractivity contribution in [1.82, 2.24) is 15.0 Å². The minimum absolute atomic E-state index is 0.146. The van der Waals surface area contributed by atoms with Crippen LogP contribution in [0.2, 0.25) is 0 Å². The molecule has 5 heteroatoms. The van der Waals surface area contributed by atoms with E-state index < -0.39 is 0 Å². The normalized spacial score (nSPS) is 18.8. The van der Waals surface area contributed by atoms with Crippen molar-refractivity contribution in [3.05, 3.63) is 36.2 Å². The van der Waals surface area contributed by atoms with Gasteiger partial charge in [-0.25, -0.2) is 0 Å². The third-order valence-corrected chi connectivity index (χ3v) is 4.19. The summed E-state index contributed by atoms with van der Waals surface area (Å²) < 4.78 is 10.9. The predicted molar refractivity (Wildman–Crippen MR) is 79.8 cm³/mol. The van der Waals surface area contributed by atoms with Crippen molar-refractivity contribution in [1.29, 1.82) is 0 Å². The number of hydrogen-bond donors (Lipinski definition) is 0. The first kappa shape index (κ1) is 14.2. The molecule has 0 N–H and O–H groups in total. The molecule has 1 fully saturated rings. The molecule has 0 radical (unpaired) electrons. The van der Waals surface area contributed by atoms with Crippen molar-refractivity contribution < 1.29 is 9.26 Å². The smallest absolute Gasteiger partial charge is 0.244 e. The van der Waals surface area contributed by atoms with Gasteiger partial charge in [-0.3, -0.25) is 4.90 Å². The van der Waals surface area contributed by atoms with Crippen LogP contribution in [-0.4, -0.2) is 41.3 Å². The second-order valence-corrected chi connectivity index (χ2v) is 5.47. The number of nitrogens with zero attached hydrogens (tertiary/aromatic N) is 3. The maximum Gasteiger partial charge on any atom is 0.244 e. The summed E-state index contributed by atoms with van der Waals surface area (Å²) >= 11 is 0. The molecular formula is C16H21N3O2. The van der Waals surface area contributed by atoms with Gasteiger partial charge in [0.15, 0.2) is 0 Å². The van der Waals surface area contributed by atoms with Gasteiger partial charge in [0.1, 0.15) is 0 Å². The molecule has 112 valence electrons. The van der Waals surface area contributed by atoms with Crippen molar-refractivity contribution in [2.75, 3.05) is 20.2 Å². The molecule has 2 heterocycles. The van der Waals surface area contributed by atoms with Gasteiger partial charge in [0, 0.05) is 25.8 Å². The van der Waals surface area contributed by atoms with Gasteiger partial charge in [-0.1, -0.05) is 35.5 Å². The van der Waals surface area contributed by atoms with Crippen LogP contribution in [0, 0.1) is 0 Å². The van der Waals surface area contributed by atoms with E-state index >= 15 is 0 Å². The summed E-state index contributed by atoms with van der Waals surface area (Å²) in [7, 11) is 1.79. The molecule has 1 aliphatic rings. The predicted octanol–water partition coefficient (Wildman–Crippen LogP) is 2.91. The molecular weight excluding hydrogens is 266 g/mol. The van der Waals surface area contributed by atoms with E-state index in [9.17, 15) is 0 Å². The van der Waals surface area contributed by atoms with Crippen molar-refractivity contribution in [3.8, 4) is 11.4 Å².